The molecule has 37 heavy (non-hydrogen) atoms. The first-order valence-electron chi connectivity index (χ1n) is 11.3. The molecule has 190 valence electrons. The summed E-state index contributed by atoms with van der Waals surface area (Å²) in [5, 5.41) is 3.14. The lowest BCUT2D eigenvalue weighted by atomic mass is 10.1. The Hall–Kier alpha value is -4.37. The fourth-order valence-corrected chi connectivity index (χ4v) is 4.23. The third kappa shape index (κ3) is 5.26. The SMILES string of the molecule is COC(=O)c1ccc(C(C)n2c(=O)[nH]c3ccc(C(=O)NCc4ccc(OC)cc4)cc3c2=O)cc1Cl. The number of benzene rings is 3. The van der Waals surface area contributed by atoms with Crippen molar-refractivity contribution in [1.29, 1.82) is 0 Å². The summed E-state index contributed by atoms with van der Waals surface area (Å²) in [7, 11) is 2.82. The number of nitrogens with zero attached hydrogens (tertiary/aromatic N) is 1. The number of rotatable bonds is 7. The van der Waals surface area contributed by atoms with Crippen molar-refractivity contribution >= 4 is 34.4 Å². The van der Waals surface area contributed by atoms with Gasteiger partial charge in [0, 0.05) is 12.1 Å². The molecule has 2 N–H and O–H groups in total. The van der Waals surface area contributed by atoms with Gasteiger partial charge in [-0.2, -0.15) is 0 Å². The lowest BCUT2D eigenvalue weighted by Crippen LogP contribution is -2.37. The van der Waals surface area contributed by atoms with Crippen LogP contribution < -0.4 is 21.3 Å². The molecule has 0 aliphatic heterocycles. The van der Waals surface area contributed by atoms with Crippen molar-refractivity contribution in [3.63, 3.8) is 0 Å². The second kappa shape index (κ2) is 10.7. The summed E-state index contributed by atoms with van der Waals surface area (Å²) in [5.74, 6) is -0.249. The van der Waals surface area contributed by atoms with Crippen LogP contribution in [0.1, 0.15) is 44.8 Å². The van der Waals surface area contributed by atoms with Crippen LogP contribution in [0.5, 0.6) is 5.75 Å². The monoisotopic (exact) mass is 521 g/mol. The number of amides is 1. The van der Waals surface area contributed by atoms with E-state index in [0.29, 0.717) is 16.8 Å². The molecule has 0 aliphatic carbocycles. The van der Waals surface area contributed by atoms with Crippen molar-refractivity contribution in [3.8, 4) is 5.75 Å². The van der Waals surface area contributed by atoms with E-state index in [1.807, 2.05) is 12.1 Å². The number of nitrogens with one attached hydrogen (secondary N) is 2. The van der Waals surface area contributed by atoms with E-state index in [2.05, 4.69) is 10.3 Å². The zero-order chi connectivity index (χ0) is 26.7. The number of methoxy groups -OCH3 is 2. The summed E-state index contributed by atoms with van der Waals surface area (Å²) in [6.45, 7) is 1.95. The molecule has 10 heteroatoms. The average molecular weight is 522 g/mol. The maximum Gasteiger partial charge on any atom is 0.339 e. The molecule has 0 aliphatic rings. The molecule has 1 aromatic heterocycles. The minimum atomic E-state index is -0.711. The summed E-state index contributed by atoms with van der Waals surface area (Å²) in [5.41, 5.74) is 0.994. The molecule has 0 saturated heterocycles. The van der Waals surface area contributed by atoms with Crippen LogP contribution in [0, 0.1) is 0 Å². The fourth-order valence-electron chi connectivity index (χ4n) is 3.96. The molecule has 1 unspecified atom stereocenters. The van der Waals surface area contributed by atoms with Crippen LogP contribution in [-0.4, -0.2) is 35.6 Å². The number of aromatic nitrogens is 2. The Morgan fingerprint density at radius 2 is 1.76 bits per heavy atom. The molecule has 0 radical (unpaired) electrons. The topological polar surface area (TPSA) is 119 Å². The standard InChI is InChI=1S/C27H24ClN3O6/c1-15(17-6-10-20(22(28)13-17)26(34)37-3)31-25(33)21-12-18(7-11-23(21)30-27(31)35)24(32)29-14-16-4-8-19(36-2)9-5-16/h4-13,15H,14H2,1-3H3,(H,29,32)(H,30,35). The number of fused-ring (bicyclic) bond motifs is 1. The van der Waals surface area contributed by atoms with E-state index in [1.165, 1.54) is 31.4 Å². The van der Waals surface area contributed by atoms with E-state index in [1.54, 1.807) is 38.3 Å². The molecule has 4 rings (SSSR count). The smallest absolute Gasteiger partial charge is 0.339 e. The van der Waals surface area contributed by atoms with Gasteiger partial charge in [0.25, 0.3) is 11.5 Å². The van der Waals surface area contributed by atoms with Gasteiger partial charge in [0.05, 0.1) is 41.8 Å². The van der Waals surface area contributed by atoms with Crippen molar-refractivity contribution in [2.75, 3.05) is 14.2 Å². The molecule has 9 nitrogen and oxygen atoms in total. The molecule has 1 heterocycles. The normalized spacial score (nSPS) is 11.7. The molecule has 3 aromatic carbocycles. The summed E-state index contributed by atoms with van der Waals surface area (Å²) >= 11 is 6.23. The van der Waals surface area contributed by atoms with E-state index >= 15 is 0 Å². The van der Waals surface area contributed by atoms with Gasteiger partial charge in [-0.1, -0.05) is 29.8 Å². The first-order valence-corrected chi connectivity index (χ1v) is 11.7. The van der Waals surface area contributed by atoms with Gasteiger partial charge < -0.3 is 19.8 Å². The highest BCUT2D eigenvalue weighted by atomic mass is 35.5. The largest absolute Gasteiger partial charge is 0.497 e. The van der Waals surface area contributed by atoms with Gasteiger partial charge in [0.15, 0.2) is 0 Å². The van der Waals surface area contributed by atoms with Crippen LogP contribution in [0.25, 0.3) is 10.9 Å². The predicted molar refractivity (Wildman–Crippen MR) is 140 cm³/mol. The second-order valence-electron chi connectivity index (χ2n) is 8.30. The maximum absolute atomic E-state index is 13.4. The van der Waals surface area contributed by atoms with Crippen LogP contribution in [0.15, 0.2) is 70.3 Å². The fraction of sp³-hybridized carbons (Fsp3) is 0.185. The first kappa shape index (κ1) is 25.7. The van der Waals surface area contributed by atoms with E-state index in [4.69, 9.17) is 21.1 Å². The molecule has 0 fully saturated rings. The number of halogens is 1. The van der Waals surface area contributed by atoms with Gasteiger partial charge in [0.1, 0.15) is 5.75 Å². The van der Waals surface area contributed by atoms with Gasteiger partial charge in [-0.25, -0.2) is 9.59 Å². The number of esters is 1. The lowest BCUT2D eigenvalue weighted by molar-refractivity contribution is 0.0600. The third-order valence-corrected chi connectivity index (χ3v) is 6.38. The van der Waals surface area contributed by atoms with Crippen molar-refractivity contribution in [2.45, 2.75) is 19.5 Å². The highest BCUT2D eigenvalue weighted by molar-refractivity contribution is 6.33. The Morgan fingerprint density at radius 1 is 1.03 bits per heavy atom. The second-order valence-corrected chi connectivity index (χ2v) is 8.71. The van der Waals surface area contributed by atoms with E-state index in [0.717, 1.165) is 10.1 Å². The van der Waals surface area contributed by atoms with Crippen LogP contribution in [0.3, 0.4) is 0 Å². The summed E-state index contributed by atoms with van der Waals surface area (Å²) in [6, 6.07) is 15.7. The number of ether oxygens (including phenoxy) is 2. The van der Waals surface area contributed by atoms with E-state index in [-0.39, 0.29) is 34.0 Å². The van der Waals surface area contributed by atoms with E-state index < -0.39 is 23.3 Å². The minimum Gasteiger partial charge on any atom is -0.497 e. The Labute approximate surface area is 216 Å². The lowest BCUT2D eigenvalue weighted by Gasteiger charge is -2.16. The molecule has 4 aromatic rings. The Kier molecular flexibility index (Phi) is 7.45. The highest BCUT2D eigenvalue weighted by Crippen LogP contribution is 2.24. The highest BCUT2D eigenvalue weighted by Gasteiger charge is 2.19. The average Bonchev–Trinajstić information content (AvgIpc) is 2.91. The number of hydrogen-bond donors (Lipinski definition) is 2. The van der Waals surface area contributed by atoms with Gasteiger partial charge in [-0.15, -0.1) is 0 Å². The first-order chi connectivity index (χ1) is 17.7. The maximum atomic E-state index is 13.4. The summed E-state index contributed by atoms with van der Waals surface area (Å²) in [4.78, 5) is 53.5. The zero-order valence-electron chi connectivity index (χ0n) is 20.3. The summed E-state index contributed by atoms with van der Waals surface area (Å²) < 4.78 is 10.9. The van der Waals surface area contributed by atoms with Crippen molar-refractivity contribution in [3.05, 3.63) is 109 Å². The minimum absolute atomic E-state index is 0.136. The number of carbonyl (C=O) groups is 2. The van der Waals surface area contributed by atoms with Crippen LogP contribution in [0.2, 0.25) is 5.02 Å². The van der Waals surface area contributed by atoms with Crippen LogP contribution >= 0.6 is 11.6 Å². The molecule has 0 saturated carbocycles. The molecular weight excluding hydrogens is 498 g/mol. The van der Waals surface area contributed by atoms with Gasteiger partial charge >= 0.3 is 11.7 Å². The molecule has 0 bridgehead atoms. The number of H-pyrrole nitrogens is 1. The Bertz CT molecular complexity index is 1610. The number of hydrogen-bond acceptors (Lipinski definition) is 6. The molecule has 1 amide bonds. The van der Waals surface area contributed by atoms with Crippen LogP contribution in [0.4, 0.5) is 0 Å². The number of aromatic amines is 1. The Balaban J connectivity index is 1.64. The molecule has 1 atom stereocenters. The van der Waals surface area contributed by atoms with Crippen LogP contribution in [-0.2, 0) is 11.3 Å². The molecule has 0 spiro atoms. The molecular formula is C27H24ClN3O6. The van der Waals surface area contributed by atoms with Crippen molar-refractivity contribution < 1.29 is 19.1 Å². The van der Waals surface area contributed by atoms with Gasteiger partial charge in [0.2, 0.25) is 0 Å². The Morgan fingerprint density at radius 3 is 2.41 bits per heavy atom. The van der Waals surface area contributed by atoms with Crippen molar-refractivity contribution in [2.24, 2.45) is 0 Å². The number of carbonyl (C=O) groups excluding carboxylic acids is 2. The third-order valence-electron chi connectivity index (χ3n) is 6.07. The van der Waals surface area contributed by atoms with Gasteiger partial charge in [-0.3, -0.25) is 14.2 Å². The van der Waals surface area contributed by atoms with Gasteiger partial charge in [-0.05, 0) is 60.5 Å². The van der Waals surface area contributed by atoms with Crippen molar-refractivity contribution in [1.82, 2.24) is 14.9 Å². The summed E-state index contributed by atoms with van der Waals surface area (Å²) in [6.07, 6.45) is 0. The predicted octanol–water partition coefficient (Wildman–Crippen LogP) is 3.68. The quantitative estimate of drug-likeness (QED) is 0.358. The van der Waals surface area contributed by atoms with E-state index in [9.17, 15) is 19.2 Å². The zero-order valence-corrected chi connectivity index (χ0v) is 21.1.